The molecule has 0 spiro atoms. The summed E-state index contributed by atoms with van der Waals surface area (Å²) in [7, 11) is 0. The van der Waals surface area contributed by atoms with E-state index < -0.39 is 0 Å². The van der Waals surface area contributed by atoms with Crippen LogP contribution in [0, 0.1) is 0 Å². The van der Waals surface area contributed by atoms with Gasteiger partial charge < -0.3 is 15.6 Å². The van der Waals surface area contributed by atoms with Crippen LogP contribution in [0.1, 0.15) is 18.5 Å². The number of β-amino-alcohol motifs (C(OH)–C–C–N with tert-alkyl or cyclic N) is 1. The van der Waals surface area contributed by atoms with Gasteiger partial charge in [0, 0.05) is 49.9 Å². The maximum atomic E-state index is 9.04. The van der Waals surface area contributed by atoms with Crippen LogP contribution in [-0.4, -0.2) is 67.4 Å². The summed E-state index contributed by atoms with van der Waals surface area (Å²) in [6.45, 7) is 7.83. The molecule has 6 heteroatoms. The van der Waals surface area contributed by atoms with Gasteiger partial charge in [0.05, 0.1) is 19.3 Å². The summed E-state index contributed by atoms with van der Waals surface area (Å²) in [6.07, 6.45) is 0. The molecule has 0 saturated carbocycles. The van der Waals surface area contributed by atoms with E-state index in [1.165, 1.54) is 0 Å². The molecule has 3 N–H and O–H groups in total. The van der Waals surface area contributed by atoms with Gasteiger partial charge in [0.25, 0.3) is 0 Å². The van der Waals surface area contributed by atoms with Crippen LogP contribution in [0.5, 0.6) is 5.75 Å². The molecule has 1 aliphatic heterocycles. The Morgan fingerprint density at radius 2 is 2.05 bits per heavy atom. The highest BCUT2D eigenvalue weighted by atomic mass is 35.5. The Morgan fingerprint density at radius 1 is 1.32 bits per heavy atom. The number of hydrogen-bond donors (Lipinski definition) is 2. The van der Waals surface area contributed by atoms with Gasteiger partial charge >= 0.3 is 0 Å². The molecule has 1 aromatic carbocycles. The fourth-order valence-electron chi connectivity index (χ4n) is 2.98. The average molecular weight is 328 g/mol. The van der Waals surface area contributed by atoms with Crippen LogP contribution in [-0.2, 0) is 0 Å². The van der Waals surface area contributed by atoms with Crippen molar-refractivity contribution in [3.05, 3.63) is 28.8 Å². The molecular weight excluding hydrogens is 302 g/mol. The number of nitrogens with zero attached hydrogens (tertiary/aromatic N) is 2. The molecule has 1 atom stereocenters. The van der Waals surface area contributed by atoms with Crippen molar-refractivity contribution in [3.63, 3.8) is 0 Å². The van der Waals surface area contributed by atoms with Crippen molar-refractivity contribution >= 4 is 11.6 Å². The highest BCUT2D eigenvalue weighted by molar-refractivity contribution is 6.30. The van der Waals surface area contributed by atoms with E-state index in [1.54, 1.807) is 0 Å². The summed E-state index contributed by atoms with van der Waals surface area (Å²) in [5.74, 6) is 0.861. The van der Waals surface area contributed by atoms with E-state index in [0.29, 0.717) is 18.2 Å². The molecule has 0 aliphatic carbocycles. The van der Waals surface area contributed by atoms with Gasteiger partial charge in [0.2, 0.25) is 0 Å². The second kappa shape index (κ2) is 8.70. The van der Waals surface area contributed by atoms with E-state index in [4.69, 9.17) is 27.2 Å². The summed E-state index contributed by atoms with van der Waals surface area (Å²) in [6, 6.07) is 5.84. The van der Waals surface area contributed by atoms with Crippen LogP contribution in [0.3, 0.4) is 0 Å². The zero-order chi connectivity index (χ0) is 15.9. The molecule has 1 aliphatic rings. The first kappa shape index (κ1) is 17.5. The number of ether oxygens (including phenoxy) is 1. The Bertz CT molecular complexity index is 465. The Balaban J connectivity index is 2.13. The lowest BCUT2D eigenvalue weighted by molar-refractivity contribution is 0.0846. The van der Waals surface area contributed by atoms with Gasteiger partial charge in [-0.05, 0) is 25.1 Å². The van der Waals surface area contributed by atoms with Crippen LogP contribution >= 0.6 is 11.6 Å². The average Bonchev–Trinajstić information content (AvgIpc) is 2.53. The molecule has 0 aromatic heterocycles. The molecule has 1 fully saturated rings. The minimum absolute atomic E-state index is 0.108. The van der Waals surface area contributed by atoms with Crippen LogP contribution in [0.2, 0.25) is 5.02 Å². The third-order valence-corrected chi connectivity index (χ3v) is 4.35. The van der Waals surface area contributed by atoms with Crippen molar-refractivity contribution in [2.24, 2.45) is 5.73 Å². The van der Waals surface area contributed by atoms with E-state index in [0.717, 1.165) is 44.0 Å². The largest absolute Gasteiger partial charge is 0.494 e. The lowest BCUT2D eigenvalue weighted by Crippen LogP contribution is -2.49. The van der Waals surface area contributed by atoms with Crippen LogP contribution in [0.4, 0.5) is 0 Å². The highest BCUT2D eigenvalue weighted by Crippen LogP contribution is 2.32. The predicted molar refractivity (Wildman–Crippen MR) is 89.5 cm³/mol. The topological polar surface area (TPSA) is 62.0 Å². The monoisotopic (exact) mass is 327 g/mol. The predicted octanol–water partition coefficient (Wildman–Crippen LogP) is 1.35. The molecule has 124 valence electrons. The smallest absolute Gasteiger partial charge is 0.124 e. The van der Waals surface area contributed by atoms with Crippen molar-refractivity contribution in [3.8, 4) is 5.75 Å². The first-order chi connectivity index (χ1) is 10.7. The van der Waals surface area contributed by atoms with Crippen LogP contribution in [0.25, 0.3) is 0 Å². The number of hydrogen-bond acceptors (Lipinski definition) is 5. The molecule has 22 heavy (non-hydrogen) atoms. The Kier molecular flexibility index (Phi) is 6.92. The summed E-state index contributed by atoms with van der Waals surface area (Å²) in [5.41, 5.74) is 7.11. The van der Waals surface area contributed by atoms with E-state index in [1.807, 2.05) is 25.1 Å². The fraction of sp³-hybridized carbons (Fsp3) is 0.625. The minimum Gasteiger partial charge on any atom is -0.494 e. The second-order valence-electron chi connectivity index (χ2n) is 5.47. The van der Waals surface area contributed by atoms with Crippen molar-refractivity contribution in [1.29, 1.82) is 0 Å². The quantitative estimate of drug-likeness (QED) is 0.791. The number of halogens is 1. The van der Waals surface area contributed by atoms with Gasteiger partial charge in [-0.15, -0.1) is 0 Å². The summed E-state index contributed by atoms with van der Waals surface area (Å²) in [5, 5.41) is 9.74. The summed E-state index contributed by atoms with van der Waals surface area (Å²) in [4.78, 5) is 4.65. The normalized spacial score (nSPS) is 18.4. The molecule has 0 amide bonds. The van der Waals surface area contributed by atoms with Crippen molar-refractivity contribution in [2.75, 3.05) is 52.5 Å². The third kappa shape index (κ3) is 4.33. The number of aliphatic hydroxyl groups is 1. The van der Waals surface area contributed by atoms with E-state index in [9.17, 15) is 0 Å². The Labute approximate surface area is 137 Å². The maximum Gasteiger partial charge on any atom is 0.124 e. The molecule has 1 heterocycles. The molecule has 0 radical (unpaired) electrons. The standard InChI is InChI=1S/C16H26ClN3O2/c1-2-22-16-4-3-13(17)11-14(16)15(12-18)20-7-5-19(6-8-20)9-10-21/h3-4,11,15,21H,2,5-10,12,18H2,1H3. The molecule has 1 saturated heterocycles. The van der Waals surface area contributed by atoms with Crippen molar-refractivity contribution in [2.45, 2.75) is 13.0 Å². The number of benzene rings is 1. The lowest BCUT2D eigenvalue weighted by atomic mass is 10.0. The second-order valence-corrected chi connectivity index (χ2v) is 5.90. The summed E-state index contributed by atoms with van der Waals surface area (Å²) >= 11 is 6.17. The Hall–Kier alpha value is -0.850. The zero-order valence-electron chi connectivity index (χ0n) is 13.2. The highest BCUT2D eigenvalue weighted by Gasteiger charge is 2.26. The molecule has 0 bridgehead atoms. The number of rotatable bonds is 7. The van der Waals surface area contributed by atoms with Gasteiger partial charge in [-0.25, -0.2) is 0 Å². The number of aliphatic hydroxyl groups excluding tert-OH is 1. The van der Waals surface area contributed by atoms with Gasteiger partial charge in [0.15, 0.2) is 0 Å². The Morgan fingerprint density at radius 3 is 2.64 bits per heavy atom. The lowest BCUT2D eigenvalue weighted by Gasteiger charge is -2.39. The van der Waals surface area contributed by atoms with E-state index in [-0.39, 0.29) is 12.6 Å². The fourth-order valence-corrected chi connectivity index (χ4v) is 3.16. The van der Waals surface area contributed by atoms with Gasteiger partial charge in [-0.1, -0.05) is 11.6 Å². The van der Waals surface area contributed by atoms with Crippen LogP contribution in [0.15, 0.2) is 18.2 Å². The van der Waals surface area contributed by atoms with Crippen molar-refractivity contribution in [1.82, 2.24) is 9.80 Å². The van der Waals surface area contributed by atoms with E-state index >= 15 is 0 Å². The number of piperazine rings is 1. The molecule has 5 nitrogen and oxygen atoms in total. The van der Waals surface area contributed by atoms with Gasteiger partial charge in [-0.2, -0.15) is 0 Å². The van der Waals surface area contributed by atoms with E-state index in [2.05, 4.69) is 9.80 Å². The first-order valence-corrected chi connectivity index (χ1v) is 8.27. The molecular formula is C16H26ClN3O2. The SMILES string of the molecule is CCOc1ccc(Cl)cc1C(CN)N1CCN(CCO)CC1. The van der Waals surface area contributed by atoms with Crippen molar-refractivity contribution < 1.29 is 9.84 Å². The van der Waals surface area contributed by atoms with Gasteiger partial charge in [0.1, 0.15) is 5.75 Å². The first-order valence-electron chi connectivity index (χ1n) is 7.89. The molecule has 2 rings (SSSR count). The molecule has 1 unspecified atom stereocenters. The minimum atomic E-state index is 0.108. The van der Waals surface area contributed by atoms with Crippen LogP contribution < -0.4 is 10.5 Å². The molecule has 1 aromatic rings. The maximum absolute atomic E-state index is 9.04. The summed E-state index contributed by atoms with van der Waals surface area (Å²) < 4.78 is 5.74. The van der Waals surface area contributed by atoms with Gasteiger partial charge in [-0.3, -0.25) is 9.80 Å². The third-order valence-electron chi connectivity index (χ3n) is 4.12. The zero-order valence-corrected chi connectivity index (χ0v) is 13.9. The number of nitrogens with two attached hydrogens (primary N) is 1.